The number of carbonyl (C=O) groups excluding carboxylic acids is 2. The molecule has 0 aromatic heterocycles. The van der Waals surface area contributed by atoms with Crippen LogP contribution in [0.4, 0.5) is 11.4 Å². The second-order valence-electron chi connectivity index (χ2n) is 5.61. The fourth-order valence-corrected chi connectivity index (χ4v) is 3.02. The summed E-state index contributed by atoms with van der Waals surface area (Å²) in [5.41, 5.74) is 0.128. The monoisotopic (exact) mass is 328 g/mol. The maximum Gasteiger partial charge on any atom is 0.341 e. The van der Waals surface area contributed by atoms with Crippen molar-refractivity contribution in [2.45, 2.75) is 31.7 Å². The van der Waals surface area contributed by atoms with Crippen molar-refractivity contribution >= 4 is 23.3 Å². The Morgan fingerprint density at radius 1 is 1.29 bits per heavy atom. The Hall–Kier alpha value is -2.56. The highest BCUT2D eigenvalue weighted by Gasteiger charge is 2.54. The molecule has 128 valence electrons. The zero-order valence-corrected chi connectivity index (χ0v) is 14.1. The van der Waals surface area contributed by atoms with E-state index < -0.39 is 11.5 Å². The van der Waals surface area contributed by atoms with Crippen molar-refractivity contribution in [1.82, 2.24) is 0 Å². The lowest BCUT2D eigenvalue weighted by Gasteiger charge is -2.45. The molecule has 1 atom stereocenters. The zero-order valence-electron chi connectivity index (χ0n) is 14.1. The molecule has 0 spiro atoms. The number of rotatable bonds is 8. The lowest BCUT2D eigenvalue weighted by molar-refractivity contribution is -0.153. The first-order chi connectivity index (χ1) is 11.6. The van der Waals surface area contributed by atoms with Crippen LogP contribution in [0, 0.1) is 0 Å². The Kier molecular flexibility index (Phi) is 5.79. The molecule has 0 saturated carbocycles. The lowest BCUT2D eigenvalue weighted by Crippen LogP contribution is -2.65. The van der Waals surface area contributed by atoms with Crippen LogP contribution in [-0.2, 0) is 14.3 Å². The Balaban J connectivity index is 2.58. The summed E-state index contributed by atoms with van der Waals surface area (Å²) in [6.07, 6.45) is 4.97. The molecule has 1 N–H and O–H groups in total. The summed E-state index contributed by atoms with van der Waals surface area (Å²) < 4.78 is 5.28. The SMILES string of the molecule is C=CCCN1c2ccccc2NC(=O)C1(CCC=C)C(=O)OCC. The second-order valence-corrected chi connectivity index (χ2v) is 5.61. The number of nitrogens with zero attached hydrogens (tertiary/aromatic N) is 1. The Morgan fingerprint density at radius 2 is 2.00 bits per heavy atom. The molecule has 0 radical (unpaired) electrons. The number of fused-ring (bicyclic) bond motifs is 1. The number of para-hydroxylation sites is 2. The number of anilines is 2. The molecule has 0 saturated heterocycles. The van der Waals surface area contributed by atoms with Crippen LogP contribution in [0.2, 0.25) is 0 Å². The topological polar surface area (TPSA) is 58.6 Å². The summed E-state index contributed by atoms with van der Waals surface area (Å²) in [4.78, 5) is 27.6. The highest BCUT2D eigenvalue weighted by atomic mass is 16.5. The summed E-state index contributed by atoms with van der Waals surface area (Å²) in [6, 6.07) is 7.48. The van der Waals surface area contributed by atoms with Crippen molar-refractivity contribution in [3.05, 3.63) is 49.6 Å². The minimum atomic E-state index is -1.39. The lowest BCUT2D eigenvalue weighted by atomic mass is 9.86. The average Bonchev–Trinajstić information content (AvgIpc) is 2.58. The van der Waals surface area contributed by atoms with Crippen LogP contribution in [0.5, 0.6) is 0 Å². The molecule has 1 unspecified atom stereocenters. The molecule has 1 amide bonds. The van der Waals surface area contributed by atoms with Crippen molar-refractivity contribution < 1.29 is 14.3 Å². The van der Waals surface area contributed by atoms with Gasteiger partial charge in [0.15, 0.2) is 0 Å². The molecule has 1 aliphatic heterocycles. The van der Waals surface area contributed by atoms with E-state index in [2.05, 4.69) is 18.5 Å². The molecule has 0 bridgehead atoms. The van der Waals surface area contributed by atoms with E-state index in [0.29, 0.717) is 31.5 Å². The van der Waals surface area contributed by atoms with Gasteiger partial charge >= 0.3 is 5.97 Å². The zero-order chi connectivity index (χ0) is 17.6. The van der Waals surface area contributed by atoms with Crippen molar-refractivity contribution in [2.24, 2.45) is 0 Å². The van der Waals surface area contributed by atoms with Crippen molar-refractivity contribution in [1.29, 1.82) is 0 Å². The Morgan fingerprint density at radius 3 is 2.67 bits per heavy atom. The molecule has 0 aliphatic carbocycles. The van der Waals surface area contributed by atoms with Gasteiger partial charge in [-0.2, -0.15) is 0 Å². The molecular weight excluding hydrogens is 304 g/mol. The van der Waals surface area contributed by atoms with Crippen LogP contribution in [0.1, 0.15) is 26.2 Å². The van der Waals surface area contributed by atoms with E-state index in [4.69, 9.17) is 4.74 Å². The number of benzene rings is 1. The first-order valence-electron chi connectivity index (χ1n) is 8.19. The van der Waals surface area contributed by atoms with Gasteiger partial charge in [0, 0.05) is 6.54 Å². The normalized spacial score (nSPS) is 19.2. The molecule has 1 aliphatic rings. The number of esters is 1. The number of carbonyl (C=O) groups is 2. The van der Waals surface area contributed by atoms with Crippen LogP contribution in [-0.4, -0.2) is 30.6 Å². The van der Waals surface area contributed by atoms with Gasteiger partial charge in [-0.3, -0.25) is 4.79 Å². The Bertz CT molecular complexity index is 641. The van der Waals surface area contributed by atoms with E-state index in [1.165, 1.54) is 0 Å². The third kappa shape index (κ3) is 3.07. The molecule has 5 heteroatoms. The highest BCUT2D eigenvalue weighted by molar-refractivity contribution is 6.19. The van der Waals surface area contributed by atoms with Crippen LogP contribution in [0.3, 0.4) is 0 Å². The molecule has 1 aromatic rings. The Labute approximate surface area is 143 Å². The van der Waals surface area contributed by atoms with E-state index in [0.717, 1.165) is 5.69 Å². The van der Waals surface area contributed by atoms with Gasteiger partial charge in [0.25, 0.3) is 5.91 Å². The number of hydrogen-bond donors (Lipinski definition) is 1. The fourth-order valence-electron chi connectivity index (χ4n) is 3.02. The van der Waals surface area contributed by atoms with Gasteiger partial charge in [0.2, 0.25) is 5.54 Å². The van der Waals surface area contributed by atoms with Crippen molar-refractivity contribution in [2.75, 3.05) is 23.4 Å². The first-order valence-corrected chi connectivity index (χ1v) is 8.19. The third-order valence-corrected chi connectivity index (χ3v) is 4.16. The standard InChI is InChI=1S/C19H24N2O3/c1-4-7-13-19(18(23)24-6-3)17(22)20-15-11-9-10-12-16(15)21(19)14-8-5-2/h4-5,9-12H,1-2,6-8,13-14H2,3H3,(H,20,22). The smallest absolute Gasteiger partial charge is 0.341 e. The molecule has 2 rings (SSSR count). The summed E-state index contributed by atoms with van der Waals surface area (Å²) in [5.74, 6) is -0.881. The molecule has 1 aromatic carbocycles. The van der Waals surface area contributed by atoms with Crippen LogP contribution >= 0.6 is 0 Å². The van der Waals surface area contributed by atoms with Gasteiger partial charge in [-0.15, -0.1) is 13.2 Å². The summed E-state index contributed by atoms with van der Waals surface area (Å²) in [7, 11) is 0. The van der Waals surface area contributed by atoms with E-state index >= 15 is 0 Å². The first kappa shape index (κ1) is 17.8. The van der Waals surface area contributed by atoms with Gasteiger partial charge in [0.1, 0.15) is 0 Å². The average molecular weight is 328 g/mol. The predicted molar refractivity (Wildman–Crippen MR) is 96.0 cm³/mol. The number of ether oxygens (including phenoxy) is 1. The van der Waals surface area contributed by atoms with Gasteiger partial charge < -0.3 is 15.0 Å². The van der Waals surface area contributed by atoms with E-state index in [9.17, 15) is 9.59 Å². The summed E-state index contributed by atoms with van der Waals surface area (Å²) in [5, 5.41) is 2.86. The second kappa shape index (κ2) is 7.81. The third-order valence-electron chi connectivity index (χ3n) is 4.16. The van der Waals surface area contributed by atoms with Gasteiger partial charge in [-0.1, -0.05) is 24.3 Å². The minimum absolute atomic E-state index is 0.221. The van der Waals surface area contributed by atoms with Gasteiger partial charge in [-0.05, 0) is 38.3 Å². The number of nitrogens with one attached hydrogen (secondary N) is 1. The molecule has 5 nitrogen and oxygen atoms in total. The van der Waals surface area contributed by atoms with Crippen LogP contribution in [0.25, 0.3) is 0 Å². The number of hydrogen-bond acceptors (Lipinski definition) is 4. The maximum absolute atomic E-state index is 13.0. The molecule has 24 heavy (non-hydrogen) atoms. The number of allylic oxidation sites excluding steroid dienone is 1. The largest absolute Gasteiger partial charge is 0.464 e. The molecular formula is C19H24N2O3. The van der Waals surface area contributed by atoms with Crippen molar-refractivity contribution in [3.63, 3.8) is 0 Å². The summed E-state index contributed by atoms with van der Waals surface area (Å²) in [6.45, 7) is 9.93. The van der Waals surface area contributed by atoms with Gasteiger partial charge in [-0.25, -0.2) is 4.79 Å². The molecule has 1 heterocycles. The minimum Gasteiger partial charge on any atom is -0.464 e. The van der Waals surface area contributed by atoms with E-state index in [-0.39, 0.29) is 12.5 Å². The van der Waals surface area contributed by atoms with E-state index in [1.807, 2.05) is 29.2 Å². The van der Waals surface area contributed by atoms with Crippen molar-refractivity contribution in [3.8, 4) is 0 Å². The quantitative estimate of drug-likeness (QED) is 0.452. The highest BCUT2D eigenvalue weighted by Crippen LogP contribution is 2.40. The van der Waals surface area contributed by atoms with E-state index in [1.54, 1.807) is 19.1 Å². The maximum atomic E-state index is 13.0. The summed E-state index contributed by atoms with van der Waals surface area (Å²) >= 11 is 0. The molecule has 0 fully saturated rings. The van der Waals surface area contributed by atoms with Gasteiger partial charge in [0.05, 0.1) is 18.0 Å². The number of amides is 1. The predicted octanol–water partition coefficient (Wildman–Crippen LogP) is 3.29. The van der Waals surface area contributed by atoms with Crippen LogP contribution < -0.4 is 10.2 Å². The fraction of sp³-hybridized carbons (Fsp3) is 0.368. The van der Waals surface area contributed by atoms with Crippen LogP contribution in [0.15, 0.2) is 49.6 Å².